The molecule has 0 radical (unpaired) electrons. The van der Waals surface area contributed by atoms with Crippen molar-refractivity contribution in [2.24, 2.45) is 5.73 Å². The molecule has 0 saturated carbocycles. The fraction of sp³-hybridized carbons (Fsp3) is 0.538. The molecule has 0 heterocycles. The van der Waals surface area contributed by atoms with Crippen molar-refractivity contribution in [2.75, 3.05) is 18.1 Å². The molecular weight excluding hydrogens is 330 g/mol. The minimum atomic E-state index is -2.98. The summed E-state index contributed by atoms with van der Waals surface area (Å²) < 4.78 is 29.0. The van der Waals surface area contributed by atoms with E-state index in [2.05, 4.69) is 15.9 Å². The van der Waals surface area contributed by atoms with Crippen LogP contribution in [0.3, 0.4) is 0 Å². The molecule has 6 heteroatoms. The van der Waals surface area contributed by atoms with Crippen LogP contribution in [0.4, 0.5) is 0 Å². The van der Waals surface area contributed by atoms with Gasteiger partial charge in [0.2, 0.25) is 0 Å². The normalized spacial score (nSPS) is 13.3. The first-order valence-corrected chi connectivity index (χ1v) is 8.82. The molecule has 19 heavy (non-hydrogen) atoms. The summed E-state index contributed by atoms with van der Waals surface area (Å²) in [5, 5.41) is 0. The second-order valence-electron chi connectivity index (χ2n) is 4.53. The lowest BCUT2D eigenvalue weighted by atomic mass is 10.1. The Bertz CT molecular complexity index is 515. The number of nitrogens with two attached hydrogens (primary N) is 1. The Hall–Kier alpha value is -0.590. The number of hydrogen-bond donors (Lipinski definition) is 1. The summed E-state index contributed by atoms with van der Waals surface area (Å²) in [5.41, 5.74) is 6.86. The Balaban J connectivity index is 2.60. The average molecular weight is 350 g/mol. The molecule has 0 amide bonds. The minimum Gasteiger partial charge on any atom is -0.491 e. The molecule has 0 spiro atoms. The maximum absolute atomic E-state index is 11.3. The summed E-state index contributed by atoms with van der Waals surface area (Å²) in [6.07, 6.45) is 0.795. The van der Waals surface area contributed by atoms with Crippen molar-refractivity contribution in [3.05, 3.63) is 28.2 Å². The molecule has 0 aliphatic heterocycles. The predicted octanol–water partition coefficient (Wildman–Crippen LogP) is 2.15. The van der Waals surface area contributed by atoms with Gasteiger partial charge >= 0.3 is 0 Å². The van der Waals surface area contributed by atoms with Gasteiger partial charge in [-0.1, -0.05) is 13.0 Å². The van der Waals surface area contributed by atoms with Gasteiger partial charge in [0.15, 0.2) is 9.84 Å². The number of sulfone groups is 1. The van der Waals surface area contributed by atoms with Crippen LogP contribution in [0, 0.1) is 0 Å². The van der Waals surface area contributed by atoms with Crippen molar-refractivity contribution in [3.8, 4) is 5.75 Å². The van der Waals surface area contributed by atoms with Crippen LogP contribution < -0.4 is 10.5 Å². The largest absolute Gasteiger partial charge is 0.491 e. The van der Waals surface area contributed by atoms with Gasteiger partial charge in [-0.15, -0.1) is 0 Å². The molecule has 2 N–H and O–H groups in total. The first-order valence-electron chi connectivity index (χ1n) is 6.21. The molecule has 1 aromatic rings. The molecule has 0 aliphatic carbocycles. The van der Waals surface area contributed by atoms with Crippen LogP contribution in [-0.4, -0.2) is 32.6 Å². The van der Waals surface area contributed by atoms with Crippen LogP contribution in [0.15, 0.2) is 22.7 Å². The lowest BCUT2D eigenvalue weighted by Gasteiger charge is -2.11. The minimum absolute atomic E-state index is 0.0392. The molecule has 1 rings (SSSR count). The summed E-state index contributed by atoms with van der Waals surface area (Å²) in [6, 6.07) is 5.83. The molecule has 1 aromatic carbocycles. The number of benzene rings is 1. The molecule has 108 valence electrons. The highest BCUT2D eigenvalue weighted by Crippen LogP contribution is 2.26. The molecular formula is C13H20BrNO3S. The third kappa shape index (κ3) is 5.93. The highest BCUT2D eigenvalue weighted by atomic mass is 79.9. The smallest absolute Gasteiger partial charge is 0.153 e. The van der Waals surface area contributed by atoms with Crippen LogP contribution in [0.5, 0.6) is 5.75 Å². The van der Waals surface area contributed by atoms with E-state index in [9.17, 15) is 8.42 Å². The van der Waals surface area contributed by atoms with Crippen LogP contribution in [0.25, 0.3) is 0 Å². The second-order valence-corrected chi connectivity index (χ2v) is 7.86. The monoisotopic (exact) mass is 349 g/mol. The van der Waals surface area contributed by atoms with Crippen molar-refractivity contribution in [1.29, 1.82) is 0 Å². The lowest BCUT2D eigenvalue weighted by molar-refractivity contribution is 0.338. The Morgan fingerprint density at radius 1 is 1.42 bits per heavy atom. The van der Waals surface area contributed by atoms with Crippen molar-refractivity contribution < 1.29 is 13.2 Å². The number of rotatable bonds is 7. The molecule has 0 aromatic heterocycles. The maximum atomic E-state index is 11.3. The average Bonchev–Trinajstić information content (AvgIpc) is 2.31. The van der Waals surface area contributed by atoms with Crippen molar-refractivity contribution >= 4 is 25.8 Å². The highest BCUT2D eigenvalue weighted by Gasteiger charge is 2.09. The van der Waals surface area contributed by atoms with Gasteiger partial charge in [0.25, 0.3) is 0 Å². The fourth-order valence-corrected chi connectivity index (χ4v) is 2.75. The van der Waals surface area contributed by atoms with Crippen molar-refractivity contribution in [2.45, 2.75) is 26.3 Å². The predicted molar refractivity (Wildman–Crippen MR) is 81.3 cm³/mol. The molecule has 0 aliphatic rings. The Morgan fingerprint density at radius 2 is 2.11 bits per heavy atom. The van der Waals surface area contributed by atoms with Crippen molar-refractivity contribution in [3.63, 3.8) is 0 Å². The van der Waals surface area contributed by atoms with Gasteiger partial charge in [0, 0.05) is 11.8 Å². The Kier molecular flexibility index (Phi) is 6.29. The van der Waals surface area contributed by atoms with Gasteiger partial charge in [0.05, 0.1) is 10.2 Å². The topological polar surface area (TPSA) is 69.4 Å². The quantitative estimate of drug-likeness (QED) is 0.818. The zero-order chi connectivity index (χ0) is 14.5. The number of hydrogen-bond acceptors (Lipinski definition) is 4. The summed E-state index contributed by atoms with van der Waals surface area (Å²) in [5.74, 6) is 0.835. The summed E-state index contributed by atoms with van der Waals surface area (Å²) >= 11 is 3.42. The third-order valence-electron chi connectivity index (χ3n) is 2.65. The molecule has 0 saturated heterocycles. The van der Waals surface area contributed by atoms with Gasteiger partial charge < -0.3 is 10.5 Å². The van der Waals surface area contributed by atoms with E-state index < -0.39 is 9.84 Å². The van der Waals surface area contributed by atoms with E-state index in [4.69, 9.17) is 10.5 Å². The van der Waals surface area contributed by atoms with Gasteiger partial charge in [0.1, 0.15) is 12.4 Å². The van der Waals surface area contributed by atoms with E-state index in [0.29, 0.717) is 5.75 Å². The molecule has 4 nitrogen and oxygen atoms in total. The number of halogens is 1. The van der Waals surface area contributed by atoms with Gasteiger partial charge in [-0.05, 0) is 47.0 Å². The zero-order valence-electron chi connectivity index (χ0n) is 11.2. The maximum Gasteiger partial charge on any atom is 0.153 e. The van der Waals surface area contributed by atoms with Gasteiger partial charge in [-0.3, -0.25) is 0 Å². The Labute approximate surface area is 123 Å². The molecule has 0 fully saturated rings. The van der Waals surface area contributed by atoms with E-state index in [1.165, 1.54) is 0 Å². The first kappa shape index (κ1) is 16.5. The van der Waals surface area contributed by atoms with Crippen LogP contribution in [0.2, 0.25) is 0 Å². The number of ether oxygens (including phenoxy) is 1. The molecule has 1 unspecified atom stereocenters. The zero-order valence-corrected chi connectivity index (χ0v) is 13.6. The third-order valence-corrected chi connectivity index (χ3v) is 4.93. The second kappa shape index (κ2) is 7.26. The lowest BCUT2D eigenvalue weighted by Crippen LogP contribution is -2.18. The van der Waals surface area contributed by atoms with E-state index in [1.807, 2.05) is 25.1 Å². The fourth-order valence-electron chi connectivity index (χ4n) is 1.58. The summed E-state index contributed by atoms with van der Waals surface area (Å²) in [4.78, 5) is 0. The molecule has 0 bridgehead atoms. The highest BCUT2D eigenvalue weighted by molar-refractivity contribution is 9.10. The van der Waals surface area contributed by atoms with Gasteiger partial charge in [-0.25, -0.2) is 8.42 Å². The summed E-state index contributed by atoms with van der Waals surface area (Å²) in [6.45, 7) is 3.75. The van der Waals surface area contributed by atoms with E-state index in [-0.39, 0.29) is 24.2 Å². The van der Waals surface area contributed by atoms with Crippen LogP contribution in [-0.2, 0) is 16.3 Å². The van der Waals surface area contributed by atoms with Gasteiger partial charge in [-0.2, -0.15) is 0 Å². The van der Waals surface area contributed by atoms with Crippen LogP contribution in [0.1, 0.15) is 19.4 Å². The summed E-state index contributed by atoms with van der Waals surface area (Å²) in [7, 11) is -2.98. The Morgan fingerprint density at radius 3 is 2.63 bits per heavy atom. The first-order chi connectivity index (χ1) is 8.84. The molecule has 1 atom stereocenters. The van der Waals surface area contributed by atoms with E-state index in [1.54, 1.807) is 6.92 Å². The van der Waals surface area contributed by atoms with Crippen LogP contribution >= 0.6 is 15.9 Å². The SMILES string of the molecule is CCS(=O)(=O)CCOc1ccc(CC(C)N)cc1Br. The van der Waals surface area contributed by atoms with E-state index in [0.717, 1.165) is 16.5 Å². The van der Waals surface area contributed by atoms with Crippen molar-refractivity contribution in [1.82, 2.24) is 0 Å². The van der Waals surface area contributed by atoms with E-state index >= 15 is 0 Å². The standard InChI is InChI=1S/C13H20BrNO3S/c1-3-19(16,17)7-6-18-13-5-4-11(8-10(2)15)9-12(13)14/h4-5,9-10H,3,6-8,15H2,1-2H3.